The van der Waals surface area contributed by atoms with Crippen molar-refractivity contribution in [3.05, 3.63) is 29.8 Å². The Morgan fingerprint density at radius 2 is 1.68 bits per heavy atom. The van der Waals surface area contributed by atoms with Crippen molar-refractivity contribution in [2.45, 2.75) is 33.6 Å². The molecule has 2 fully saturated rings. The fourth-order valence-corrected chi connectivity index (χ4v) is 4.38. The lowest BCUT2D eigenvalue weighted by molar-refractivity contribution is -0.147. The van der Waals surface area contributed by atoms with Crippen LogP contribution in [0.15, 0.2) is 24.3 Å². The molecule has 132 valence electrons. The lowest BCUT2D eigenvalue weighted by Gasteiger charge is -2.37. The van der Waals surface area contributed by atoms with E-state index in [0.717, 1.165) is 0 Å². The van der Waals surface area contributed by atoms with E-state index in [1.54, 1.807) is 39.0 Å². The summed E-state index contributed by atoms with van der Waals surface area (Å²) in [5.41, 5.74) is -2.56. The third-order valence-corrected chi connectivity index (χ3v) is 6.51. The number of carbonyl (C=O) groups excluding carboxylic acids is 4. The number of benzene rings is 1. The Morgan fingerprint density at radius 1 is 1.04 bits per heavy atom. The zero-order chi connectivity index (χ0) is 18.6. The fourth-order valence-electron chi connectivity index (χ4n) is 4.38. The molecule has 2 aliphatic rings. The summed E-state index contributed by atoms with van der Waals surface area (Å²) in [5, 5.41) is 2.70. The Morgan fingerprint density at radius 3 is 2.24 bits per heavy atom. The van der Waals surface area contributed by atoms with E-state index in [0.29, 0.717) is 12.8 Å². The van der Waals surface area contributed by atoms with Crippen molar-refractivity contribution < 1.29 is 23.9 Å². The van der Waals surface area contributed by atoms with Crippen LogP contribution in [0.5, 0.6) is 0 Å². The number of methoxy groups -OCH3 is 1. The zero-order valence-electron chi connectivity index (χ0n) is 14.8. The van der Waals surface area contributed by atoms with Gasteiger partial charge >= 0.3 is 5.97 Å². The zero-order valence-corrected chi connectivity index (χ0v) is 14.8. The van der Waals surface area contributed by atoms with Gasteiger partial charge in [0, 0.05) is 5.41 Å². The summed E-state index contributed by atoms with van der Waals surface area (Å²) in [6.07, 6.45) is 0.823. The smallest absolute Gasteiger partial charge is 0.339 e. The molecule has 2 atom stereocenters. The van der Waals surface area contributed by atoms with Crippen LogP contribution in [0, 0.1) is 16.2 Å². The molecule has 0 heterocycles. The van der Waals surface area contributed by atoms with Crippen LogP contribution in [0.4, 0.5) is 5.69 Å². The van der Waals surface area contributed by atoms with Crippen molar-refractivity contribution in [2.24, 2.45) is 16.2 Å². The van der Waals surface area contributed by atoms with Crippen LogP contribution >= 0.6 is 0 Å². The number of nitrogens with one attached hydrogen (secondary N) is 1. The number of fused-ring (bicyclic) bond motifs is 2. The summed E-state index contributed by atoms with van der Waals surface area (Å²) in [6, 6.07) is 6.43. The Balaban J connectivity index is 2.02. The monoisotopic (exact) mass is 343 g/mol. The van der Waals surface area contributed by atoms with Crippen LogP contribution in [0.3, 0.4) is 0 Å². The highest BCUT2D eigenvalue weighted by Crippen LogP contribution is 2.69. The summed E-state index contributed by atoms with van der Waals surface area (Å²) in [5.74, 6) is -2.22. The molecule has 3 rings (SSSR count). The molecule has 2 bridgehead atoms. The highest BCUT2D eigenvalue weighted by atomic mass is 16.5. The number of ether oxygens (including phenoxy) is 1. The first-order valence-corrected chi connectivity index (χ1v) is 8.21. The Hall–Kier alpha value is -2.50. The summed E-state index contributed by atoms with van der Waals surface area (Å²) < 4.78 is 4.73. The number of anilines is 1. The second-order valence-electron chi connectivity index (χ2n) is 7.51. The number of esters is 1. The number of amides is 1. The predicted octanol–water partition coefficient (Wildman–Crippen LogP) is 2.38. The maximum atomic E-state index is 13.1. The molecule has 0 aromatic heterocycles. The average Bonchev–Trinajstić information content (AvgIpc) is 2.86. The molecule has 25 heavy (non-hydrogen) atoms. The fraction of sp³-hybridized carbons (Fsp3) is 0.474. The van der Waals surface area contributed by atoms with Crippen LogP contribution in [0.2, 0.25) is 0 Å². The third-order valence-electron chi connectivity index (χ3n) is 6.51. The molecule has 0 aliphatic heterocycles. The maximum Gasteiger partial charge on any atom is 0.339 e. The first-order valence-electron chi connectivity index (χ1n) is 8.21. The predicted molar refractivity (Wildman–Crippen MR) is 90.0 cm³/mol. The minimum atomic E-state index is -1.40. The number of carbonyl (C=O) groups is 4. The first-order chi connectivity index (χ1) is 11.6. The van der Waals surface area contributed by atoms with E-state index in [9.17, 15) is 19.2 Å². The minimum Gasteiger partial charge on any atom is -0.465 e. The van der Waals surface area contributed by atoms with Crippen molar-refractivity contribution in [3.63, 3.8) is 0 Å². The van der Waals surface area contributed by atoms with Crippen LogP contribution in [0.1, 0.15) is 44.0 Å². The molecule has 1 aromatic rings. The van der Waals surface area contributed by atoms with E-state index >= 15 is 0 Å². The molecule has 0 unspecified atom stereocenters. The highest BCUT2D eigenvalue weighted by Gasteiger charge is 2.77. The summed E-state index contributed by atoms with van der Waals surface area (Å²) >= 11 is 0. The van der Waals surface area contributed by atoms with Crippen molar-refractivity contribution >= 4 is 29.1 Å². The lowest BCUT2D eigenvalue weighted by Crippen LogP contribution is -2.48. The van der Waals surface area contributed by atoms with Crippen molar-refractivity contribution in [1.29, 1.82) is 0 Å². The SMILES string of the molecule is COC(=O)c1ccccc1NC(=O)[C@]12CC[C@@](C)(C(=O)C1=O)C2(C)C. The van der Waals surface area contributed by atoms with Gasteiger partial charge in [0.25, 0.3) is 0 Å². The Labute approximate surface area is 145 Å². The van der Waals surface area contributed by atoms with Gasteiger partial charge in [0.15, 0.2) is 0 Å². The van der Waals surface area contributed by atoms with E-state index in [4.69, 9.17) is 4.74 Å². The van der Waals surface area contributed by atoms with Gasteiger partial charge in [0.2, 0.25) is 17.5 Å². The number of ketones is 2. The largest absolute Gasteiger partial charge is 0.465 e. The molecular weight excluding hydrogens is 322 g/mol. The van der Waals surface area contributed by atoms with E-state index in [1.165, 1.54) is 13.2 Å². The van der Waals surface area contributed by atoms with Gasteiger partial charge in [-0.25, -0.2) is 4.79 Å². The Bertz CT molecular complexity index is 812. The topological polar surface area (TPSA) is 89.5 Å². The molecule has 2 aliphatic carbocycles. The molecule has 0 spiro atoms. The summed E-state index contributed by atoms with van der Waals surface area (Å²) in [4.78, 5) is 50.2. The molecule has 6 heteroatoms. The van der Waals surface area contributed by atoms with E-state index in [-0.39, 0.29) is 11.3 Å². The molecule has 0 radical (unpaired) electrons. The highest BCUT2D eigenvalue weighted by molar-refractivity contribution is 6.49. The summed E-state index contributed by atoms with van der Waals surface area (Å²) in [6.45, 7) is 5.36. The van der Waals surface area contributed by atoms with Gasteiger partial charge in [-0.05, 0) is 30.4 Å². The van der Waals surface area contributed by atoms with Crippen molar-refractivity contribution in [3.8, 4) is 0 Å². The third kappa shape index (κ3) is 1.91. The molecule has 0 saturated heterocycles. The van der Waals surface area contributed by atoms with Crippen molar-refractivity contribution in [2.75, 3.05) is 12.4 Å². The van der Waals surface area contributed by atoms with Gasteiger partial charge < -0.3 is 10.1 Å². The van der Waals surface area contributed by atoms with Crippen LogP contribution < -0.4 is 5.32 Å². The minimum absolute atomic E-state index is 0.199. The van der Waals surface area contributed by atoms with Gasteiger partial charge in [-0.2, -0.15) is 0 Å². The lowest BCUT2D eigenvalue weighted by atomic mass is 9.64. The first kappa shape index (κ1) is 17.3. The van der Waals surface area contributed by atoms with Gasteiger partial charge in [-0.3, -0.25) is 14.4 Å². The molecule has 1 N–H and O–H groups in total. The number of Topliss-reactive ketones (excluding diaryl/α,β-unsaturated/α-hetero) is 2. The number of para-hydroxylation sites is 1. The Kier molecular flexibility index (Phi) is 3.64. The second kappa shape index (κ2) is 5.25. The second-order valence-corrected chi connectivity index (χ2v) is 7.51. The molecular formula is C19H21NO5. The van der Waals surface area contributed by atoms with Gasteiger partial charge in [0.1, 0.15) is 5.41 Å². The average molecular weight is 343 g/mol. The standard InChI is InChI=1S/C19H21NO5/c1-17(2)18(3)9-10-19(17,14(22)13(18)21)16(24)20-12-8-6-5-7-11(12)15(23)25-4/h5-8H,9-10H2,1-4H3,(H,20,24)/t18-,19-/m0/s1. The number of hydrogen-bond acceptors (Lipinski definition) is 5. The van der Waals surface area contributed by atoms with Gasteiger partial charge in [-0.15, -0.1) is 0 Å². The number of rotatable bonds is 3. The van der Waals surface area contributed by atoms with Gasteiger partial charge in [-0.1, -0.05) is 32.9 Å². The summed E-state index contributed by atoms with van der Waals surface area (Å²) in [7, 11) is 1.25. The molecule has 6 nitrogen and oxygen atoms in total. The van der Waals surface area contributed by atoms with E-state index in [2.05, 4.69) is 5.32 Å². The van der Waals surface area contributed by atoms with E-state index < -0.39 is 39.7 Å². The molecule has 1 amide bonds. The van der Waals surface area contributed by atoms with Crippen LogP contribution in [0.25, 0.3) is 0 Å². The quantitative estimate of drug-likeness (QED) is 0.517. The molecule has 1 aromatic carbocycles. The maximum absolute atomic E-state index is 13.1. The van der Waals surface area contributed by atoms with Gasteiger partial charge in [0.05, 0.1) is 18.4 Å². The van der Waals surface area contributed by atoms with E-state index in [1.807, 2.05) is 0 Å². The normalized spacial score (nSPS) is 29.6. The van der Waals surface area contributed by atoms with Crippen LogP contribution in [-0.2, 0) is 19.1 Å². The van der Waals surface area contributed by atoms with Crippen molar-refractivity contribution in [1.82, 2.24) is 0 Å². The number of hydrogen-bond donors (Lipinski definition) is 1. The molecule has 2 saturated carbocycles. The van der Waals surface area contributed by atoms with Crippen LogP contribution in [-0.4, -0.2) is 30.6 Å².